The molecule has 0 spiro atoms. The Morgan fingerprint density at radius 3 is 2.87 bits per heavy atom. The highest BCUT2D eigenvalue weighted by Gasteiger charge is 2.37. The monoisotopic (exact) mass is 208 g/mol. The maximum Gasteiger partial charge on any atom is 0.253 e. The van der Waals surface area contributed by atoms with Gasteiger partial charge in [0.1, 0.15) is 0 Å². The lowest BCUT2D eigenvalue weighted by molar-refractivity contribution is -0.191. The summed E-state index contributed by atoms with van der Waals surface area (Å²) in [6.07, 6.45) is 7.42. The Bertz CT molecular complexity index is 315. The van der Waals surface area contributed by atoms with Crippen LogP contribution < -0.4 is 0 Å². The predicted molar refractivity (Wildman–Crippen MR) is 58.4 cm³/mol. The highest BCUT2D eigenvalue weighted by Crippen LogP contribution is 2.22. The fourth-order valence-corrected chi connectivity index (χ4v) is 1.32. The zero-order chi connectivity index (χ0) is 11.3. The summed E-state index contributed by atoms with van der Waals surface area (Å²) in [6.45, 7) is 5.86. The van der Waals surface area contributed by atoms with Gasteiger partial charge in [0, 0.05) is 7.11 Å². The summed E-state index contributed by atoms with van der Waals surface area (Å²) in [4.78, 5) is 11.7. The van der Waals surface area contributed by atoms with Crippen LogP contribution in [0.3, 0.4) is 0 Å². The molecule has 1 rings (SSSR count). The number of ketones is 1. The number of rotatable bonds is 5. The second-order valence-electron chi connectivity index (χ2n) is 3.38. The van der Waals surface area contributed by atoms with Crippen LogP contribution in [0.5, 0.6) is 0 Å². The van der Waals surface area contributed by atoms with Crippen LogP contribution in [0.2, 0.25) is 0 Å². The van der Waals surface area contributed by atoms with Crippen LogP contribution in [0.15, 0.2) is 36.5 Å². The fraction of sp³-hybridized carbons (Fsp3) is 0.417. The van der Waals surface area contributed by atoms with Gasteiger partial charge in [-0.3, -0.25) is 4.79 Å². The van der Waals surface area contributed by atoms with Gasteiger partial charge in [-0.15, -0.1) is 6.58 Å². The average Bonchev–Trinajstić information content (AvgIpc) is 2.22. The van der Waals surface area contributed by atoms with Crippen LogP contribution in [0.4, 0.5) is 0 Å². The minimum Gasteiger partial charge on any atom is -0.344 e. The normalized spacial score (nSPS) is 25.2. The van der Waals surface area contributed by atoms with Crippen LogP contribution in [0, 0.1) is 0 Å². The molecule has 82 valence electrons. The van der Waals surface area contributed by atoms with Gasteiger partial charge in [0.2, 0.25) is 5.78 Å². The highest BCUT2D eigenvalue weighted by atomic mass is 16.7. The van der Waals surface area contributed by atoms with E-state index in [1.807, 2.05) is 13.0 Å². The third-order valence-electron chi connectivity index (χ3n) is 2.21. The van der Waals surface area contributed by atoms with Gasteiger partial charge < -0.3 is 9.47 Å². The molecule has 0 N–H and O–H groups in total. The number of carbonyl (C=O) groups excluding carboxylic acids is 1. The van der Waals surface area contributed by atoms with Gasteiger partial charge in [0.15, 0.2) is 0 Å². The minimum absolute atomic E-state index is 0.172. The summed E-state index contributed by atoms with van der Waals surface area (Å²) < 4.78 is 10.6. The van der Waals surface area contributed by atoms with Gasteiger partial charge in [-0.25, -0.2) is 0 Å². The number of methoxy groups -OCH3 is 1. The first-order valence-corrected chi connectivity index (χ1v) is 4.86. The molecule has 0 aromatic heterocycles. The zero-order valence-electron chi connectivity index (χ0n) is 9.16. The quantitative estimate of drug-likeness (QED) is 0.394. The van der Waals surface area contributed by atoms with Gasteiger partial charge in [0.05, 0.1) is 6.61 Å². The molecule has 0 saturated carbocycles. The van der Waals surface area contributed by atoms with E-state index in [2.05, 4.69) is 6.58 Å². The summed E-state index contributed by atoms with van der Waals surface area (Å²) in [5.74, 6) is -1.41. The van der Waals surface area contributed by atoms with Crippen molar-refractivity contribution in [1.29, 1.82) is 0 Å². The third-order valence-corrected chi connectivity index (χ3v) is 2.21. The van der Waals surface area contributed by atoms with E-state index in [9.17, 15) is 4.79 Å². The van der Waals surface area contributed by atoms with Crippen LogP contribution in [-0.2, 0) is 14.3 Å². The van der Waals surface area contributed by atoms with Crippen molar-refractivity contribution in [3.63, 3.8) is 0 Å². The molecule has 0 heterocycles. The van der Waals surface area contributed by atoms with Gasteiger partial charge in [-0.05, 0) is 31.1 Å². The fourth-order valence-electron chi connectivity index (χ4n) is 1.32. The van der Waals surface area contributed by atoms with Crippen molar-refractivity contribution in [1.82, 2.24) is 0 Å². The Morgan fingerprint density at radius 2 is 2.33 bits per heavy atom. The molecule has 0 amide bonds. The molecule has 0 bridgehead atoms. The molecule has 1 atom stereocenters. The van der Waals surface area contributed by atoms with E-state index in [1.165, 1.54) is 13.2 Å². The van der Waals surface area contributed by atoms with Crippen molar-refractivity contribution in [3.05, 3.63) is 36.5 Å². The van der Waals surface area contributed by atoms with E-state index in [0.29, 0.717) is 13.0 Å². The SMILES string of the molecule is C=CCCOC1(OC)C=CC(C)=CC1=O. The molecular formula is C12H16O3. The number of hydrogen-bond acceptors (Lipinski definition) is 3. The molecular weight excluding hydrogens is 192 g/mol. The molecule has 15 heavy (non-hydrogen) atoms. The lowest BCUT2D eigenvalue weighted by atomic mass is 10.0. The van der Waals surface area contributed by atoms with Crippen LogP contribution in [-0.4, -0.2) is 25.3 Å². The molecule has 3 nitrogen and oxygen atoms in total. The van der Waals surface area contributed by atoms with E-state index in [-0.39, 0.29) is 5.78 Å². The molecule has 1 aliphatic rings. The maximum atomic E-state index is 11.7. The Hall–Kier alpha value is -1.19. The minimum atomic E-state index is -1.23. The van der Waals surface area contributed by atoms with Crippen LogP contribution in [0.25, 0.3) is 0 Å². The maximum absolute atomic E-state index is 11.7. The first-order chi connectivity index (χ1) is 7.14. The van der Waals surface area contributed by atoms with Crippen molar-refractivity contribution >= 4 is 5.78 Å². The number of ether oxygens (including phenoxy) is 2. The Kier molecular flexibility index (Phi) is 4.00. The van der Waals surface area contributed by atoms with E-state index in [0.717, 1.165) is 5.57 Å². The smallest absolute Gasteiger partial charge is 0.253 e. The number of carbonyl (C=O) groups is 1. The highest BCUT2D eigenvalue weighted by molar-refractivity contribution is 5.99. The van der Waals surface area contributed by atoms with Crippen molar-refractivity contribution < 1.29 is 14.3 Å². The van der Waals surface area contributed by atoms with E-state index in [4.69, 9.17) is 9.47 Å². The molecule has 0 fully saturated rings. The molecule has 0 aromatic rings. The van der Waals surface area contributed by atoms with Crippen molar-refractivity contribution in [2.75, 3.05) is 13.7 Å². The Balaban J connectivity index is 2.73. The third kappa shape index (κ3) is 2.64. The van der Waals surface area contributed by atoms with Crippen molar-refractivity contribution in [2.45, 2.75) is 19.1 Å². The molecule has 1 aliphatic carbocycles. The molecule has 0 aliphatic heterocycles. The van der Waals surface area contributed by atoms with Crippen LogP contribution >= 0.6 is 0 Å². The summed E-state index contributed by atoms with van der Waals surface area (Å²) >= 11 is 0. The summed E-state index contributed by atoms with van der Waals surface area (Å²) in [7, 11) is 1.46. The van der Waals surface area contributed by atoms with Crippen molar-refractivity contribution in [2.24, 2.45) is 0 Å². The second kappa shape index (κ2) is 5.05. The second-order valence-corrected chi connectivity index (χ2v) is 3.38. The molecule has 3 heteroatoms. The molecule has 0 aromatic carbocycles. The number of hydrogen-bond donors (Lipinski definition) is 0. The average molecular weight is 208 g/mol. The van der Waals surface area contributed by atoms with Gasteiger partial charge in [-0.1, -0.05) is 12.2 Å². The van der Waals surface area contributed by atoms with E-state index >= 15 is 0 Å². The van der Waals surface area contributed by atoms with E-state index < -0.39 is 5.79 Å². The lowest BCUT2D eigenvalue weighted by Gasteiger charge is -2.28. The summed E-state index contributed by atoms with van der Waals surface area (Å²) in [6, 6.07) is 0. The van der Waals surface area contributed by atoms with E-state index in [1.54, 1.807) is 12.2 Å². The van der Waals surface area contributed by atoms with Crippen LogP contribution in [0.1, 0.15) is 13.3 Å². The molecule has 0 radical (unpaired) electrons. The molecule has 1 unspecified atom stereocenters. The summed E-state index contributed by atoms with van der Waals surface area (Å²) in [5, 5.41) is 0. The largest absolute Gasteiger partial charge is 0.344 e. The topological polar surface area (TPSA) is 35.5 Å². The summed E-state index contributed by atoms with van der Waals surface area (Å²) in [5.41, 5.74) is 0.903. The van der Waals surface area contributed by atoms with Gasteiger partial charge in [-0.2, -0.15) is 0 Å². The van der Waals surface area contributed by atoms with Gasteiger partial charge in [0.25, 0.3) is 5.79 Å². The molecule has 0 saturated heterocycles. The lowest BCUT2D eigenvalue weighted by Crippen LogP contribution is -2.42. The first kappa shape index (κ1) is 11.9. The standard InChI is InChI=1S/C12H16O3/c1-4-5-8-15-12(14-3)7-6-10(2)9-11(12)13/h4,6-7,9H,1,5,8H2,2-3H3. The Labute approximate surface area is 90.1 Å². The number of allylic oxidation sites excluding steroid dienone is 2. The van der Waals surface area contributed by atoms with Crippen molar-refractivity contribution in [3.8, 4) is 0 Å². The zero-order valence-corrected chi connectivity index (χ0v) is 9.16. The van der Waals surface area contributed by atoms with Gasteiger partial charge >= 0.3 is 0 Å². The first-order valence-electron chi connectivity index (χ1n) is 4.86. The Morgan fingerprint density at radius 1 is 1.60 bits per heavy atom. The predicted octanol–water partition coefficient (Wildman–Crippen LogP) is 2.01.